The number of methoxy groups -OCH3 is 2. The molecule has 0 fully saturated rings. The molecule has 0 unspecified atom stereocenters. The normalized spacial score (nSPS) is 10.5. The zero-order valence-corrected chi connectivity index (χ0v) is 13.9. The number of benzene rings is 2. The molecule has 2 aromatic rings. The maximum atomic E-state index is 12.1. The predicted octanol–water partition coefficient (Wildman–Crippen LogP) is 2.87. The van der Waals surface area contributed by atoms with Gasteiger partial charge in [0.1, 0.15) is 5.75 Å². The van der Waals surface area contributed by atoms with Gasteiger partial charge in [0.25, 0.3) is 5.91 Å². The van der Waals surface area contributed by atoms with Gasteiger partial charge in [-0.1, -0.05) is 12.1 Å². The third kappa shape index (κ3) is 4.25. The van der Waals surface area contributed by atoms with Crippen molar-refractivity contribution in [3.63, 3.8) is 0 Å². The van der Waals surface area contributed by atoms with Crippen LogP contribution < -0.4 is 19.6 Å². The number of ether oxygens (including phenoxy) is 3. The lowest BCUT2D eigenvalue weighted by Crippen LogP contribution is -2.18. The average Bonchev–Trinajstić information content (AvgIpc) is 2.62. The van der Waals surface area contributed by atoms with Gasteiger partial charge in [-0.05, 0) is 42.8 Å². The van der Waals surface area contributed by atoms with E-state index in [0.29, 0.717) is 29.4 Å². The second kappa shape index (κ2) is 8.57. The molecule has 0 heterocycles. The molecule has 0 aliphatic heterocycles. The molecule has 0 aliphatic rings. The number of hydrogen-bond acceptors (Lipinski definition) is 5. The number of rotatable bonds is 7. The first-order chi connectivity index (χ1) is 11.7. The van der Waals surface area contributed by atoms with Gasteiger partial charge in [0.2, 0.25) is 0 Å². The molecule has 0 saturated heterocycles. The van der Waals surface area contributed by atoms with Crippen LogP contribution in [0.4, 0.5) is 0 Å². The van der Waals surface area contributed by atoms with Gasteiger partial charge in [0, 0.05) is 0 Å². The van der Waals surface area contributed by atoms with Crippen LogP contribution in [0.1, 0.15) is 22.8 Å². The lowest BCUT2D eigenvalue weighted by atomic mass is 10.2. The van der Waals surface area contributed by atoms with Crippen LogP contribution in [0, 0.1) is 0 Å². The molecule has 6 heteroatoms. The molecule has 2 rings (SSSR count). The summed E-state index contributed by atoms with van der Waals surface area (Å²) in [4.78, 5) is 12.1. The van der Waals surface area contributed by atoms with Crippen molar-refractivity contribution in [1.82, 2.24) is 5.43 Å². The van der Waals surface area contributed by atoms with E-state index in [2.05, 4.69) is 10.5 Å². The van der Waals surface area contributed by atoms with Gasteiger partial charge >= 0.3 is 0 Å². The van der Waals surface area contributed by atoms with Crippen LogP contribution in [0.2, 0.25) is 0 Å². The highest BCUT2D eigenvalue weighted by Crippen LogP contribution is 2.27. The van der Waals surface area contributed by atoms with Gasteiger partial charge in [-0.25, -0.2) is 5.43 Å². The summed E-state index contributed by atoms with van der Waals surface area (Å²) in [6, 6.07) is 12.3. The minimum atomic E-state index is -0.345. The monoisotopic (exact) mass is 328 g/mol. The Kier molecular flexibility index (Phi) is 6.19. The second-order valence-corrected chi connectivity index (χ2v) is 4.74. The Morgan fingerprint density at radius 1 is 1.08 bits per heavy atom. The van der Waals surface area contributed by atoms with E-state index in [-0.39, 0.29) is 5.91 Å². The van der Waals surface area contributed by atoms with Crippen molar-refractivity contribution in [2.24, 2.45) is 5.10 Å². The zero-order valence-electron chi connectivity index (χ0n) is 13.9. The Labute approximate surface area is 141 Å². The summed E-state index contributed by atoms with van der Waals surface area (Å²) in [7, 11) is 3.10. The van der Waals surface area contributed by atoms with Crippen LogP contribution in [0.15, 0.2) is 47.6 Å². The molecule has 0 saturated carbocycles. The van der Waals surface area contributed by atoms with Crippen LogP contribution in [-0.2, 0) is 0 Å². The number of hydrazone groups is 1. The molecule has 6 nitrogen and oxygen atoms in total. The van der Waals surface area contributed by atoms with E-state index in [1.165, 1.54) is 13.3 Å². The van der Waals surface area contributed by atoms with Gasteiger partial charge < -0.3 is 14.2 Å². The van der Waals surface area contributed by atoms with Gasteiger partial charge in [-0.2, -0.15) is 5.10 Å². The topological polar surface area (TPSA) is 69.2 Å². The molecule has 24 heavy (non-hydrogen) atoms. The summed E-state index contributed by atoms with van der Waals surface area (Å²) >= 11 is 0. The molecule has 1 N–H and O–H groups in total. The molecular weight excluding hydrogens is 308 g/mol. The summed E-state index contributed by atoms with van der Waals surface area (Å²) < 4.78 is 15.9. The molecule has 126 valence electrons. The number of hydrogen-bond donors (Lipinski definition) is 1. The Hall–Kier alpha value is -3.02. The van der Waals surface area contributed by atoms with E-state index >= 15 is 0 Å². The van der Waals surface area contributed by atoms with E-state index in [1.54, 1.807) is 43.5 Å². The van der Waals surface area contributed by atoms with Crippen molar-refractivity contribution in [3.05, 3.63) is 53.6 Å². The highest BCUT2D eigenvalue weighted by molar-refractivity contribution is 5.97. The van der Waals surface area contributed by atoms with Crippen LogP contribution in [0.3, 0.4) is 0 Å². The van der Waals surface area contributed by atoms with Crippen molar-refractivity contribution in [2.45, 2.75) is 6.92 Å². The van der Waals surface area contributed by atoms with Crippen molar-refractivity contribution >= 4 is 12.1 Å². The third-order valence-electron chi connectivity index (χ3n) is 3.22. The van der Waals surface area contributed by atoms with Gasteiger partial charge in [-0.15, -0.1) is 0 Å². The summed E-state index contributed by atoms with van der Waals surface area (Å²) in [5.41, 5.74) is 3.68. The fourth-order valence-corrected chi connectivity index (χ4v) is 2.10. The smallest absolute Gasteiger partial charge is 0.275 e. The highest BCUT2D eigenvalue weighted by Gasteiger charge is 2.10. The van der Waals surface area contributed by atoms with Crippen LogP contribution in [-0.4, -0.2) is 32.9 Å². The van der Waals surface area contributed by atoms with E-state index in [1.807, 2.05) is 13.0 Å². The first kappa shape index (κ1) is 17.3. The van der Waals surface area contributed by atoms with Crippen molar-refractivity contribution in [1.29, 1.82) is 0 Å². The summed E-state index contributed by atoms with van der Waals surface area (Å²) in [5.74, 6) is 1.42. The Bertz CT molecular complexity index is 729. The minimum Gasteiger partial charge on any atom is -0.496 e. The van der Waals surface area contributed by atoms with Crippen molar-refractivity contribution in [3.8, 4) is 17.2 Å². The molecule has 0 atom stereocenters. The first-order valence-electron chi connectivity index (χ1n) is 7.46. The number of carbonyl (C=O) groups is 1. The quantitative estimate of drug-likeness (QED) is 0.627. The van der Waals surface area contributed by atoms with E-state index in [0.717, 1.165) is 5.56 Å². The average molecular weight is 328 g/mol. The second-order valence-electron chi connectivity index (χ2n) is 4.74. The maximum absolute atomic E-state index is 12.1. The van der Waals surface area contributed by atoms with Crippen LogP contribution in [0.25, 0.3) is 0 Å². The van der Waals surface area contributed by atoms with E-state index in [4.69, 9.17) is 14.2 Å². The minimum absolute atomic E-state index is 0.345. The van der Waals surface area contributed by atoms with Crippen molar-refractivity contribution < 1.29 is 19.0 Å². The molecule has 2 aromatic carbocycles. The largest absolute Gasteiger partial charge is 0.496 e. The van der Waals surface area contributed by atoms with E-state index < -0.39 is 0 Å². The molecule has 1 amide bonds. The van der Waals surface area contributed by atoms with Gasteiger partial charge in [0.15, 0.2) is 11.5 Å². The lowest BCUT2D eigenvalue weighted by Gasteiger charge is -2.09. The first-order valence-corrected chi connectivity index (χ1v) is 7.46. The zero-order chi connectivity index (χ0) is 17.4. The standard InChI is InChI=1S/C18H20N2O4/c1-4-24-17-11-13(9-10-16(17)23-3)12-19-20-18(21)14-7-5-6-8-15(14)22-2/h5-12H,4H2,1-3H3,(H,20,21)/b19-12-. The Balaban J connectivity index is 2.08. The highest BCUT2D eigenvalue weighted by atomic mass is 16.5. The number of nitrogens with zero attached hydrogens (tertiary/aromatic N) is 1. The maximum Gasteiger partial charge on any atom is 0.275 e. The molecule has 0 aliphatic carbocycles. The number of amides is 1. The fraction of sp³-hybridized carbons (Fsp3) is 0.222. The lowest BCUT2D eigenvalue weighted by molar-refractivity contribution is 0.0952. The molecule has 0 bridgehead atoms. The predicted molar refractivity (Wildman–Crippen MR) is 92.2 cm³/mol. The van der Waals surface area contributed by atoms with Gasteiger partial charge in [0.05, 0.1) is 32.6 Å². The number of carbonyl (C=O) groups excluding carboxylic acids is 1. The summed E-state index contributed by atoms with van der Waals surface area (Å²) in [5, 5.41) is 3.97. The molecule has 0 aromatic heterocycles. The third-order valence-corrected chi connectivity index (χ3v) is 3.22. The Morgan fingerprint density at radius 3 is 2.54 bits per heavy atom. The number of para-hydroxylation sites is 1. The van der Waals surface area contributed by atoms with Crippen LogP contribution >= 0.6 is 0 Å². The summed E-state index contributed by atoms with van der Waals surface area (Å²) in [6.45, 7) is 2.43. The summed E-state index contributed by atoms with van der Waals surface area (Å²) in [6.07, 6.45) is 1.54. The Morgan fingerprint density at radius 2 is 1.83 bits per heavy atom. The van der Waals surface area contributed by atoms with Crippen molar-refractivity contribution in [2.75, 3.05) is 20.8 Å². The molecular formula is C18H20N2O4. The molecule has 0 radical (unpaired) electrons. The van der Waals surface area contributed by atoms with Gasteiger partial charge in [-0.3, -0.25) is 4.79 Å². The SMILES string of the molecule is CCOc1cc(/C=N\NC(=O)c2ccccc2OC)ccc1OC. The fourth-order valence-electron chi connectivity index (χ4n) is 2.10. The van der Waals surface area contributed by atoms with E-state index in [9.17, 15) is 4.79 Å². The number of nitrogens with one attached hydrogen (secondary N) is 1. The van der Waals surface area contributed by atoms with Crippen LogP contribution in [0.5, 0.6) is 17.2 Å². The molecule has 0 spiro atoms.